The summed E-state index contributed by atoms with van der Waals surface area (Å²) in [7, 11) is -2.76. The van der Waals surface area contributed by atoms with Gasteiger partial charge in [-0.15, -0.1) is 5.54 Å². The average Bonchev–Trinajstić information content (AvgIpc) is 1.15. The number of aromatic nitrogens is 3. The number of likely N-dealkylation sites (tertiary alicyclic amines) is 1. The maximum Gasteiger partial charge on any atom is 0.411 e. The highest BCUT2D eigenvalue weighted by molar-refractivity contribution is 6.90. The summed E-state index contributed by atoms with van der Waals surface area (Å²) >= 11 is 0. The van der Waals surface area contributed by atoms with Gasteiger partial charge in [-0.1, -0.05) is 80.4 Å². The Morgan fingerprint density at radius 2 is 1.56 bits per heavy atom. The first-order valence-corrected chi connectivity index (χ1v) is 41.3. The molecule has 3 unspecified atom stereocenters. The number of nitrogens with zero attached hydrogens (tertiary/aromatic N) is 9. The molecule has 98 heavy (non-hydrogen) atoms. The zero-order chi connectivity index (χ0) is 69.6. The molecule has 19 nitrogen and oxygen atoms in total. The molecule has 528 valence electrons. The summed E-state index contributed by atoms with van der Waals surface area (Å²) in [5, 5.41) is 4.46. The van der Waals surface area contributed by atoms with Crippen molar-refractivity contribution < 1.29 is 46.9 Å². The lowest BCUT2D eigenvalue weighted by atomic mass is 9.92. The first kappa shape index (κ1) is 71.1. The van der Waals surface area contributed by atoms with Crippen molar-refractivity contribution in [1.82, 2.24) is 39.9 Å². The van der Waals surface area contributed by atoms with Crippen molar-refractivity contribution in [3.8, 4) is 34.5 Å². The summed E-state index contributed by atoms with van der Waals surface area (Å²) in [6, 6.07) is 17.7. The van der Waals surface area contributed by atoms with E-state index in [1.807, 2.05) is 68.1 Å². The highest BCUT2D eigenvalue weighted by atomic mass is 28.4. The molecule has 6 aliphatic heterocycles. The summed E-state index contributed by atoms with van der Waals surface area (Å²) in [4.78, 5) is 80.8. The van der Waals surface area contributed by atoms with Crippen LogP contribution in [0.15, 0.2) is 54.7 Å². The smallest absolute Gasteiger partial charge is 0.411 e. The van der Waals surface area contributed by atoms with E-state index >= 15 is 4.39 Å². The van der Waals surface area contributed by atoms with Gasteiger partial charge < -0.3 is 43.0 Å². The number of fused-ring (bicyclic) bond motifs is 5. The van der Waals surface area contributed by atoms with Crippen molar-refractivity contribution in [2.45, 2.75) is 206 Å². The monoisotopic (exact) mass is 1380 g/mol. The summed E-state index contributed by atoms with van der Waals surface area (Å²) < 4.78 is 50.4. The van der Waals surface area contributed by atoms with Gasteiger partial charge in [-0.2, -0.15) is 9.97 Å². The fourth-order valence-electron chi connectivity index (χ4n) is 17.2. The lowest BCUT2D eigenvalue weighted by Gasteiger charge is -2.43. The third-order valence-electron chi connectivity index (χ3n) is 23.1. The first-order valence-electron chi connectivity index (χ1n) is 36.5. The van der Waals surface area contributed by atoms with Crippen LogP contribution in [0.5, 0.6) is 11.8 Å². The van der Waals surface area contributed by atoms with E-state index in [9.17, 15) is 19.2 Å². The van der Waals surface area contributed by atoms with Gasteiger partial charge in [0.05, 0.1) is 30.2 Å². The zero-order valence-corrected chi connectivity index (χ0v) is 62.4. The van der Waals surface area contributed by atoms with Gasteiger partial charge in [0, 0.05) is 105 Å². The van der Waals surface area contributed by atoms with Gasteiger partial charge in [-0.25, -0.2) is 9.18 Å². The van der Waals surface area contributed by atoms with Crippen LogP contribution in [0.3, 0.4) is 0 Å². The Labute approximate surface area is 581 Å². The minimum atomic E-state index is -2.19. The Bertz CT molecular complexity index is 3820. The van der Waals surface area contributed by atoms with Crippen molar-refractivity contribution in [2.24, 2.45) is 11.3 Å². The fourth-order valence-corrected chi connectivity index (χ4v) is 25.3. The summed E-state index contributed by atoms with van der Waals surface area (Å²) in [5.74, 6) is 3.93. The summed E-state index contributed by atoms with van der Waals surface area (Å²) in [6.45, 7) is 35.6. The lowest BCUT2D eigenvalue weighted by molar-refractivity contribution is -0.136. The molecule has 0 spiro atoms. The molecular weight excluding hydrogens is 1270 g/mol. The minimum Gasteiger partial charge on any atom is -0.468 e. The van der Waals surface area contributed by atoms with Crippen molar-refractivity contribution in [3.63, 3.8) is 0 Å². The third-order valence-corrected chi connectivity index (χ3v) is 34.0. The average molecular weight is 1380 g/mol. The fraction of sp³-hybridized carbons (Fsp3) is 0.618. The van der Waals surface area contributed by atoms with Gasteiger partial charge in [-0.05, 0) is 173 Å². The Kier molecular flexibility index (Phi) is 21.1. The number of hydrogen-bond acceptors (Lipinski definition) is 16. The molecule has 5 aromatic rings. The molecule has 2 aromatic heterocycles. The number of amides is 4. The maximum absolute atomic E-state index is 18.6. The van der Waals surface area contributed by atoms with Crippen LogP contribution in [0.2, 0.25) is 34.8 Å². The molecule has 4 amide bonds. The van der Waals surface area contributed by atoms with E-state index in [1.54, 1.807) is 18.2 Å². The molecule has 12 rings (SSSR count). The zero-order valence-electron chi connectivity index (χ0n) is 60.4. The summed E-state index contributed by atoms with van der Waals surface area (Å²) in [6.07, 6.45) is 7.84. The van der Waals surface area contributed by atoms with Crippen molar-refractivity contribution in [2.75, 3.05) is 95.8 Å². The molecule has 0 radical (unpaired) electrons. The number of methoxy groups -OCH3 is 1. The molecule has 22 heteroatoms. The Hall–Kier alpha value is -6.75. The van der Waals surface area contributed by atoms with Crippen molar-refractivity contribution >= 4 is 73.4 Å². The highest BCUT2D eigenvalue weighted by Crippen LogP contribution is 2.49. The van der Waals surface area contributed by atoms with Crippen molar-refractivity contribution in [3.05, 3.63) is 77.2 Å². The van der Waals surface area contributed by atoms with E-state index < -0.39 is 39.8 Å². The number of piperidine rings is 2. The second-order valence-corrected chi connectivity index (χ2v) is 41.4. The van der Waals surface area contributed by atoms with Crippen LogP contribution < -0.4 is 24.6 Å². The predicted molar refractivity (Wildman–Crippen MR) is 387 cm³/mol. The largest absolute Gasteiger partial charge is 0.468 e. The van der Waals surface area contributed by atoms with Gasteiger partial charge in [0.1, 0.15) is 42.5 Å². The van der Waals surface area contributed by atoms with Gasteiger partial charge in [0.15, 0.2) is 20.9 Å². The Morgan fingerprint density at radius 3 is 2.22 bits per heavy atom. The number of rotatable bonds is 23. The molecule has 2 bridgehead atoms. The van der Waals surface area contributed by atoms with Gasteiger partial charge in [0.25, 0.3) is 5.91 Å². The molecule has 1 N–H and O–H groups in total. The molecule has 3 aromatic carbocycles. The molecule has 5 saturated heterocycles. The third kappa shape index (κ3) is 14.6. The topological polar surface area (TPSA) is 185 Å². The Balaban J connectivity index is 0.778. The molecule has 6 fully saturated rings. The number of pyridine rings is 1. The molecule has 8 heterocycles. The number of ether oxygens (including phenoxy) is 4. The van der Waals surface area contributed by atoms with E-state index in [1.165, 1.54) is 0 Å². The summed E-state index contributed by atoms with van der Waals surface area (Å²) in [5.41, 5.74) is 8.58. The van der Waals surface area contributed by atoms with Crippen LogP contribution in [0, 0.1) is 28.6 Å². The molecular formula is C76H105FN10O9Si2. The number of carbonyl (C=O) groups excluding carboxylic acids is 4. The first-order chi connectivity index (χ1) is 46.9. The van der Waals surface area contributed by atoms with Gasteiger partial charge >= 0.3 is 12.1 Å². The quantitative estimate of drug-likeness (QED) is 0.0282. The van der Waals surface area contributed by atoms with Crippen LogP contribution in [0.1, 0.15) is 156 Å². The number of benzene rings is 3. The molecule has 1 saturated carbocycles. The number of anilines is 2. The van der Waals surface area contributed by atoms with Crippen LogP contribution >= 0.6 is 0 Å². The number of carbonyl (C=O) groups is 4. The van der Waals surface area contributed by atoms with Crippen LogP contribution in [0.25, 0.3) is 32.9 Å². The minimum absolute atomic E-state index is 0.00121. The molecule has 7 aliphatic rings. The van der Waals surface area contributed by atoms with Gasteiger partial charge in [0.2, 0.25) is 11.8 Å². The van der Waals surface area contributed by atoms with Crippen LogP contribution in [-0.4, -0.2) is 191 Å². The normalized spacial score (nSPS) is 21.8. The van der Waals surface area contributed by atoms with E-state index in [2.05, 4.69) is 105 Å². The Morgan fingerprint density at radius 1 is 0.837 bits per heavy atom. The number of piperazine rings is 2. The SMILES string of the molecule is CC[Si](CC)(CC)OC1CC2CN(c3nc(OCC4(CN5CCC(CCN6CCN(c7ccc8c(c7)CN([C@H]7CCC(=O)NC7=O)C8=O)CC6)CC5)CC4)nc4c(F)c(-c5cc(OCOC)cc6cccc(C#C[Si](C(C)C)(C(C)C)C(C)C)c56)ncc34)CC1N2C(=O)OC(C)(C)C. The van der Waals surface area contributed by atoms with E-state index in [0.29, 0.717) is 89.7 Å². The molecule has 4 atom stereocenters. The van der Waals surface area contributed by atoms with E-state index in [0.717, 1.165) is 130 Å². The second-order valence-electron chi connectivity index (χ2n) is 31.1. The number of halogens is 1. The second kappa shape index (κ2) is 29.1. The molecule has 1 aliphatic carbocycles. The van der Waals surface area contributed by atoms with Crippen LogP contribution in [-0.2, 0) is 30.0 Å². The standard InChI is InChI=1S/C76H105FN10O9Si2/c1-14-97(15-2,16-3)96-64-40-57-44-85(45-63(64)87(57)74(91)95-75(10,11)12)70-61-42-78-68(60-41-58(94-48-92-13)39-54-19-17-18-53(66(54)60)27-37-98(49(4)5,50(6)7)51(8)9)67(77)69(61)80-73(81-70)93-47-76(28-29-76)46-83-31-25-52(26-32-83)24-30-82-33-35-84(36-34-82)56-20-21-59-55(38-56)43-86(72(59)90)62-22-23-65(88)79-71(62)89/h17-21,38-39,41-42,49-52,57,62-64H,14-16,22-26,28-36,40,43-48H2,1-13H3,(H,79,88,89)/t57?,62-,63?,64?/m0/s1. The number of hydrogen-bond donors (Lipinski definition) is 1. The van der Waals surface area contributed by atoms with Gasteiger partial charge in [-0.3, -0.25) is 34.5 Å². The maximum atomic E-state index is 18.6. The predicted octanol–water partition coefficient (Wildman–Crippen LogP) is 13.0. The lowest BCUT2D eigenvalue weighted by Crippen LogP contribution is -2.59. The number of imide groups is 1. The van der Waals surface area contributed by atoms with E-state index in [4.69, 9.17) is 38.3 Å². The van der Waals surface area contributed by atoms with Crippen LogP contribution in [0.4, 0.5) is 20.7 Å². The number of nitrogens with one attached hydrogen (secondary N) is 1. The van der Waals surface area contributed by atoms with Crippen molar-refractivity contribution in [1.29, 1.82) is 0 Å². The highest BCUT2D eigenvalue weighted by Gasteiger charge is 2.53. The van der Waals surface area contributed by atoms with E-state index in [-0.39, 0.29) is 71.9 Å².